The summed E-state index contributed by atoms with van der Waals surface area (Å²) in [4.78, 5) is 71.8. The van der Waals surface area contributed by atoms with Gasteiger partial charge in [0.15, 0.2) is 5.96 Å². The number of rotatable bonds is 17. The van der Waals surface area contributed by atoms with E-state index < -0.39 is 66.2 Å². The molecular weight excluding hydrogens is 502 g/mol. The van der Waals surface area contributed by atoms with Crippen molar-refractivity contribution in [3.05, 3.63) is 18.2 Å². The highest BCUT2D eigenvalue weighted by atomic mass is 16.4. The Morgan fingerprint density at radius 2 is 1.61 bits per heavy atom. The number of aliphatic imine (C=N–C) groups is 1. The summed E-state index contributed by atoms with van der Waals surface area (Å²) in [5.41, 5.74) is 17.2. The third kappa shape index (κ3) is 11.7. The number of carboxylic acid groups (broad SMARTS) is 2. The van der Waals surface area contributed by atoms with E-state index in [1.54, 1.807) is 13.8 Å². The van der Waals surface area contributed by atoms with Gasteiger partial charge in [-0.3, -0.25) is 24.2 Å². The third-order valence-electron chi connectivity index (χ3n) is 5.42. The summed E-state index contributed by atoms with van der Waals surface area (Å²) in [6.45, 7) is 3.32. The molecule has 0 bridgehead atoms. The Kier molecular flexibility index (Phi) is 13.2. The van der Waals surface area contributed by atoms with Gasteiger partial charge >= 0.3 is 11.9 Å². The lowest BCUT2D eigenvalue weighted by Gasteiger charge is -2.26. The number of carbonyl (C=O) groups excluding carboxylic acids is 3. The Morgan fingerprint density at radius 3 is 2.13 bits per heavy atom. The number of imidazole rings is 1. The maximum Gasteiger partial charge on any atom is 0.326 e. The third-order valence-corrected chi connectivity index (χ3v) is 5.42. The van der Waals surface area contributed by atoms with E-state index in [0.717, 1.165) is 0 Å². The van der Waals surface area contributed by atoms with Crippen LogP contribution >= 0.6 is 0 Å². The zero-order valence-electron chi connectivity index (χ0n) is 21.3. The van der Waals surface area contributed by atoms with Crippen molar-refractivity contribution in [2.24, 2.45) is 28.1 Å². The molecular formula is C22H37N9O7. The van der Waals surface area contributed by atoms with E-state index in [4.69, 9.17) is 22.3 Å². The number of aromatic amines is 1. The van der Waals surface area contributed by atoms with Crippen LogP contribution < -0.4 is 33.2 Å². The number of aromatic nitrogens is 2. The number of amides is 3. The number of carbonyl (C=O) groups is 5. The van der Waals surface area contributed by atoms with Gasteiger partial charge in [-0.25, -0.2) is 9.78 Å². The lowest BCUT2D eigenvalue weighted by Crippen LogP contribution is -2.57. The molecule has 12 N–H and O–H groups in total. The molecule has 16 nitrogen and oxygen atoms in total. The first kappa shape index (κ1) is 31.8. The first-order valence-corrected chi connectivity index (χ1v) is 12.0. The molecule has 0 fully saturated rings. The topological polar surface area (TPSA) is 281 Å². The van der Waals surface area contributed by atoms with Crippen LogP contribution in [0.1, 0.15) is 45.2 Å². The van der Waals surface area contributed by atoms with Gasteiger partial charge in [0.1, 0.15) is 18.1 Å². The molecule has 1 rings (SSSR count). The largest absolute Gasteiger partial charge is 0.481 e. The van der Waals surface area contributed by atoms with Crippen LogP contribution in [0.25, 0.3) is 0 Å². The molecule has 0 saturated carbocycles. The molecule has 0 aliphatic heterocycles. The van der Waals surface area contributed by atoms with Crippen LogP contribution in [-0.2, 0) is 30.4 Å². The van der Waals surface area contributed by atoms with Crippen LogP contribution in [0, 0.1) is 5.92 Å². The number of H-pyrrole nitrogens is 1. The number of nitrogens with two attached hydrogens (primary N) is 3. The van der Waals surface area contributed by atoms with Crippen molar-refractivity contribution in [3.63, 3.8) is 0 Å². The minimum Gasteiger partial charge on any atom is -0.481 e. The number of aliphatic carboxylic acids is 2. The number of hydrogen-bond donors (Lipinski definition) is 9. The summed E-state index contributed by atoms with van der Waals surface area (Å²) in [6, 6.07) is -4.85. The smallest absolute Gasteiger partial charge is 0.326 e. The van der Waals surface area contributed by atoms with Crippen LogP contribution in [0.3, 0.4) is 0 Å². The van der Waals surface area contributed by atoms with Crippen molar-refractivity contribution in [2.45, 2.75) is 70.1 Å². The van der Waals surface area contributed by atoms with E-state index in [0.29, 0.717) is 5.69 Å². The summed E-state index contributed by atoms with van der Waals surface area (Å²) in [5, 5.41) is 25.7. The maximum atomic E-state index is 13.1. The Hall–Kier alpha value is -4.21. The molecule has 1 aromatic heterocycles. The van der Waals surface area contributed by atoms with E-state index in [9.17, 15) is 29.1 Å². The van der Waals surface area contributed by atoms with Crippen LogP contribution in [0.5, 0.6) is 0 Å². The van der Waals surface area contributed by atoms with Crippen molar-refractivity contribution in [3.8, 4) is 0 Å². The van der Waals surface area contributed by atoms with Crippen molar-refractivity contribution < 1.29 is 34.2 Å². The van der Waals surface area contributed by atoms with Gasteiger partial charge in [-0.1, -0.05) is 13.8 Å². The molecule has 0 aliphatic rings. The molecule has 0 saturated heterocycles. The fraction of sp³-hybridized carbons (Fsp3) is 0.591. The van der Waals surface area contributed by atoms with Crippen molar-refractivity contribution in [1.29, 1.82) is 0 Å². The number of nitrogens with one attached hydrogen (secondary N) is 4. The second-order valence-corrected chi connectivity index (χ2v) is 8.96. The van der Waals surface area contributed by atoms with Gasteiger partial charge in [-0.05, 0) is 25.2 Å². The first-order chi connectivity index (χ1) is 17.8. The molecule has 4 unspecified atom stereocenters. The summed E-state index contributed by atoms with van der Waals surface area (Å²) >= 11 is 0. The van der Waals surface area contributed by atoms with Crippen LogP contribution in [0.2, 0.25) is 0 Å². The van der Waals surface area contributed by atoms with Crippen molar-refractivity contribution >= 4 is 35.6 Å². The molecule has 0 aromatic carbocycles. The van der Waals surface area contributed by atoms with Crippen molar-refractivity contribution in [1.82, 2.24) is 25.9 Å². The standard InChI is InChI=1S/C22H37N9O7/c1-11(2)17(21(37)38)31-20(36)15(5-6-16(32)33)30-19(35)14(4-3-7-27-22(24)25)29-18(34)13(23)8-12-9-26-10-28-12/h9-11,13-15,17H,3-8,23H2,1-2H3,(H,26,28)(H,29,34)(H,30,35)(H,31,36)(H,32,33)(H,37,38)(H4,24,25,27). The molecule has 1 heterocycles. The van der Waals surface area contributed by atoms with Gasteiger partial charge in [0.2, 0.25) is 17.7 Å². The molecule has 212 valence electrons. The van der Waals surface area contributed by atoms with E-state index in [-0.39, 0.29) is 38.2 Å². The van der Waals surface area contributed by atoms with E-state index in [2.05, 4.69) is 30.9 Å². The zero-order valence-corrected chi connectivity index (χ0v) is 21.3. The highest BCUT2D eigenvalue weighted by molar-refractivity contribution is 5.94. The fourth-order valence-electron chi connectivity index (χ4n) is 3.35. The predicted octanol–water partition coefficient (Wildman–Crippen LogP) is -2.61. The maximum absolute atomic E-state index is 13.1. The first-order valence-electron chi connectivity index (χ1n) is 12.0. The summed E-state index contributed by atoms with van der Waals surface area (Å²) in [6.07, 6.45) is 2.58. The van der Waals surface area contributed by atoms with Gasteiger partial charge in [-0.15, -0.1) is 0 Å². The predicted molar refractivity (Wildman–Crippen MR) is 135 cm³/mol. The zero-order chi connectivity index (χ0) is 28.8. The quantitative estimate of drug-likeness (QED) is 0.0561. The summed E-state index contributed by atoms with van der Waals surface area (Å²) in [7, 11) is 0. The SMILES string of the molecule is CC(C)C(NC(=O)C(CCC(=O)O)NC(=O)C(CCCN=C(N)N)NC(=O)C(N)Cc1cnc[nH]1)C(=O)O. The van der Waals surface area contributed by atoms with Gasteiger partial charge in [-0.2, -0.15) is 0 Å². The Balaban J connectivity index is 3.04. The number of carboxylic acids is 2. The normalized spacial score (nSPS) is 14.0. The highest BCUT2D eigenvalue weighted by Gasteiger charge is 2.31. The van der Waals surface area contributed by atoms with Crippen LogP contribution in [-0.4, -0.2) is 86.5 Å². The minimum atomic E-state index is -1.38. The number of guanidine groups is 1. The molecule has 0 spiro atoms. The molecule has 4 atom stereocenters. The Bertz CT molecular complexity index is 978. The number of nitrogens with zero attached hydrogens (tertiary/aromatic N) is 2. The van der Waals surface area contributed by atoms with Gasteiger partial charge in [0, 0.05) is 31.3 Å². The van der Waals surface area contributed by atoms with Gasteiger partial charge in [0.05, 0.1) is 12.4 Å². The Labute approximate surface area is 219 Å². The molecule has 0 aliphatic carbocycles. The minimum absolute atomic E-state index is 0.0577. The number of hydrogen-bond acceptors (Lipinski definition) is 8. The average Bonchev–Trinajstić information content (AvgIpc) is 3.33. The van der Waals surface area contributed by atoms with E-state index in [1.165, 1.54) is 12.5 Å². The molecule has 0 radical (unpaired) electrons. The van der Waals surface area contributed by atoms with Gasteiger partial charge < -0.3 is 48.3 Å². The van der Waals surface area contributed by atoms with E-state index in [1.807, 2.05) is 0 Å². The van der Waals surface area contributed by atoms with Gasteiger partial charge in [0.25, 0.3) is 0 Å². The average molecular weight is 540 g/mol. The molecule has 3 amide bonds. The molecule has 16 heteroatoms. The summed E-state index contributed by atoms with van der Waals surface area (Å²) < 4.78 is 0. The highest BCUT2D eigenvalue weighted by Crippen LogP contribution is 2.07. The van der Waals surface area contributed by atoms with E-state index >= 15 is 0 Å². The Morgan fingerprint density at radius 1 is 1.00 bits per heavy atom. The monoisotopic (exact) mass is 539 g/mol. The lowest BCUT2D eigenvalue weighted by molar-refractivity contribution is -0.144. The second kappa shape index (κ2) is 15.8. The molecule has 1 aromatic rings. The van der Waals surface area contributed by atoms with Crippen molar-refractivity contribution in [2.75, 3.05) is 6.54 Å². The lowest BCUT2D eigenvalue weighted by atomic mass is 10.0. The fourth-order valence-corrected chi connectivity index (χ4v) is 3.35. The van der Waals surface area contributed by atoms with Crippen LogP contribution in [0.4, 0.5) is 0 Å². The molecule has 38 heavy (non-hydrogen) atoms. The second-order valence-electron chi connectivity index (χ2n) is 8.96. The summed E-state index contributed by atoms with van der Waals surface area (Å²) in [5.74, 6) is -5.46. The van der Waals surface area contributed by atoms with Crippen LogP contribution in [0.15, 0.2) is 17.5 Å².